The van der Waals surface area contributed by atoms with Gasteiger partial charge in [0.25, 0.3) is 0 Å². The second-order valence-electron chi connectivity index (χ2n) is 7.81. The number of aryl methyl sites for hydroxylation is 1. The summed E-state index contributed by atoms with van der Waals surface area (Å²) in [6.07, 6.45) is 10.3. The van der Waals surface area contributed by atoms with Crippen molar-refractivity contribution in [2.75, 3.05) is 6.54 Å². The van der Waals surface area contributed by atoms with Crippen LogP contribution < -0.4 is 5.32 Å². The summed E-state index contributed by atoms with van der Waals surface area (Å²) in [4.78, 5) is 13.1. The topological polar surface area (TPSA) is 29.1 Å². The quantitative estimate of drug-likeness (QED) is 0.853. The van der Waals surface area contributed by atoms with Crippen LogP contribution in [-0.4, -0.2) is 18.4 Å². The summed E-state index contributed by atoms with van der Waals surface area (Å²) in [6.45, 7) is 3.27. The van der Waals surface area contributed by atoms with Gasteiger partial charge >= 0.3 is 0 Å². The van der Waals surface area contributed by atoms with E-state index >= 15 is 0 Å². The van der Waals surface area contributed by atoms with Crippen LogP contribution in [0.25, 0.3) is 0 Å². The average molecular weight is 311 g/mol. The summed E-state index contributed by atoms with van der Waals surface area (Å²) >= 11 is 0. The fraction of sp³-hybridized carbons (Fsp3) is 0.667. The average Bonchev–Trinajstić information content (AvgIpc) is 2.56. The maximum absolute atomic E-state index is 13.1. The Morgan fingerprint density at radius 2 is 2.22 bits per heavy atom. The van der Waals surface area contributed by atoms with Gasteiger partial charge in [0.05, 0.1) is 5.41 Å². The summed E-state index contributed by atoms with van der Waals surface area (Å²) in [5, 5.41) is 3.75. The van der Waals surface area contributed by atoms with Gasteiger partial charge < -0.3 is 5.32 Å². The van der Waals surface area contributed by atoms with Crippen molar-refractivity contribution in [2.45, 2.75) is 76.2 Å². The molecule has 1 saturated heterocycles. The van der Waals surface area contributed by atoms with E-state index in [0.717, 1.165) is 32.2 Å². The molecule has 1 saturated carbocycles. The van der Waals surface area contributed by atoms with Crippen molar-refractivity contribution in [3.05, 3.63) is 34.9 Å². The minimum atomic E-state index is -0.150. The van der Waals surface area contributed by atoms with Gasteiger partial charge in [-0.25, -0.2) is 0 Å². The fourth-order valence-electron chi connectivity index (χ4n) is 5.64. The van der Waals surface area contributed by atoms with Crippen molar-refractivity contribution in [1.82, 2.24) is 5.32 Å². The first-order valence-corrected chi connectivity index (χ1v) is 9.65. The Kier molecular flexibility index (Phi) is 4.05. The lowest BCUT2D eigenvalue weighted by molar-refractivity contribution is -0.132. The van der Waals surface area contributed by atoms with Gasteiger partial charge in [0.15, 0.2) is 0 Å². The zero-order valence-corrected chi connectivity index (χ0v) is 14.4. The molecule has 1 aromatic carbocycles. The number of benzene rings is 1. The number of Topliss-reactive ketones (excluding diaryl/α,β-unsaturated/α-hetero) is 1. The van der Waals surface area contributed by atoms with Gasteiger partial charge in [-0.3, -0.25) is 4.79 Å². The number of nitrogens with one attached hydrogen (secondary N) is 1. The van der Waals surface area contributed by atoms with Crippen molar-refractivity contribution in [3.8, 4) is 0 Å². The highest BCUT2D eigenvalue weighted by molar-refractivity contribution is 5.92. The van der Waals surface area contributed by atoms with Crippen molar-refractivity contribution >= 4 is 5.78 Å². The van der Waals surface area contributed by atoms with Crippen LogP contribution in [-0.2, 0) is 23.1 Å². The molecule has 2 heteroatoms. The lowest BCUT2D eigenvalue weighted by Crippen LogP contribution is -2.63. The zero-order valence-electron chi connectivity index (χ0n) is 14.4. The molecule has 0 spiro atoms. The molecule has 0 radical (unpaired) electrons. The molecule has 2 aliphatic carbocycles. The van der Waals surface area contributed by atoms with Crippen LogP contribution in [0.5, 0.6) is 0 Å². The molecule has 3 aliphatic rings. The van der Waals surface area contributed by atoms with E-state index < -0.39 is 0 Å². The van der Waals surface area contributed by atoms with Gasteiger partial charge in [-0.05, 0) is 67.7 Å². The molecule has 1 aromatic rings. The molecule has 2 nitrogen and oxygen atoms in total. The lowest BCUT2D eigenvalue weighted by atomic mass is 9.52. The van der Waals surface area contributed by atoms with Gasteiger partial charge in [-0.2, -0.15) is 0 Å². The van der Waals surface area contributed by atoms with Crippen LogP contribution in [0.1, 0.15) is 68.6 Å². The van der Waals surface area contributed by atoms with Crippen LogP contribution in [0.15, 0.2) is 18.2 Å². The number of piperidine rings is 1. The molecule has 23 heavy (non-hydrogen) atoms. The lowest BCUT2D eigenvalue weighted by Gasteiger charge is -2.54. The van der Waals surface area contributed by atoms with Crippen molar-refractivity contribution in [1.29, 1.82) is 0 Å². The minimum absolute atomic E-state index is 0.150. The molecule has 1 aliphatic heterocycles. The third kappa shape index (κ3) is 2.29. The smallest absolute Gasteiger partial charge is 0.143 e. The molecule has 0 aromatic heterocycles. The molecule has 4 rings (SSSR count). The third-order valence-corrected chi connectivity index (χ3v) is 6.69. The predicted octanol–water partition coefficient (Wildman–Crippen LogP) is 3.94. The first kappa shape index (κ1) is 15.4. The Labute approximate surface area is 140 Å². The van der Waals surface area contributed by atoms with Crippen molar-refractivity contribution in [3.63, 3.8) is 0 Å². The molecule has 1 N–H and O–H groups in total. The number of carbonyl (C=O) groups excluding carboxylic acids is 1. The van der Waals surface area contributed by atoms with E-state index in [4.69, 9.17) is 0 Å². The van der Waals surface area contributed by atoms with E-state index in [0.29, 0.717) is 17.7 Å². The molecule has 124 valence electrons. The molecular formula is C21H29NO. The first-order chi connectivity index (χ1) is 11.3. The zero-order chi connectivity index (χ0) is 15.9. The van der Waals surface area contributed by atoms with E-state index in [2.05, 4.69) is 30.4 Å². The summed E-state index contributed by atoms with van der Waals surface area (Å²) in [7, 11) is 0. The number of hydrogen-bond donors (Lipinski definition) is 1. The second-order valence-corrected chi connectivity index (χ2v) is 7.81. The number of unbranched alkanes of at least 4 members (excludes halogenated alkanes) is 2. The Bertz CT molecular complexity index is 608. The summed E-state index contributed by atoms with van der Waals surface area (Å²) < 4.78 is 0. The Morgan fingerprint density at radius 1 is 1.30 bits per heavy atom. The van der Waals surface area contributed by atoms with E-state index in [1.165, 1.54) is 48.8 Å². The van der Waals surface area contributed by atoms with Crippen LogP contribution in [0.4, 0.5) is 0 Å². The third-order valence-electron chi connectivity index (χ3n) is 6.69. The van der Waals surface area contributed by atoms with E-state index in [-0.39, 0.29) is 5.41 Å². The van der Waals surface area contributed by atoms with Gasteiger partial charge in [-0.15, -0.1) is 0 Å². The normalized spacial score (nSPS) is 32.3. The van der Waals surface area contributed by atoms with Crippen molar-refractivity contribution < 1.29 is 4.79 Å². The number of hydrogen-bond acceptors (Lipinski definition) is 2. The van der Waals surface area contributed by atoms with Crippen molar-refractivity contribution in [2.24, 2.45) is 5.92 Å². The summed E-state index contributed by atoms with van der Waals surface area (Å²) in [5.74, 6) is 1.07. The molecule has 1 heterocycles. The number of carbonyl (C=O) groups is 1. The molecule has 2 fully saturated rings. The van der Waals surface area contributed by atoms with Gasteiger partial charge in [0, 0.05) is 12.5 Å². The standard InChI is InChI=1S/C21H29NO/c1-2-3-4-7-15-8-5-9-17-16(15)14-19-18-10-6-11-20(23)21(17,18)12-13-22-19/h5,8-9,18-19,22H,2-4,6-7,10-14H2,1H3/t18-,19+,21+/m0/s1. The monoisotopic (exact) mass is 311 g/mol. The molecular weight excluding hydrogens is 282 g/mol. The Morgan fingerprint density at radius 3 is 3.09 bits per heavy atom. The second kappa shape index (κ2) is 6.05. The van der Waals surface area contributed by atoms with Crippen LogP contribution in [0.3, 0.4) is 0 Å². The van der Waals surface area contributed by atoms with Gasteiger partial charge in [0.2, 0.25) is 0 Å². The summed E-state index contributed by atoms with van der Waals surface area (Å²) in [6, 6.07) is 7.34. The maximum atomic E-state index is 13.1. The first-order valence-electron chi connectivity index (χ1n) is 9.65. The van der Waals surface area contributed by atoms with E-state index in [9.17, 15) is 4.79 Å². The van der Waals surface area contributed by atoms with Crippen LogP contribution in [0, 0.1) is 5.92 Å². The largest absolute Gasteiger partial charge is 0.313 e. The highest BCUT2D eigenvalue weighted by Crippen LogP contribution is 2.52. The molecule has 2 bridgehead atoms. The number of rotatable bonds is 4. The molecule has 0 amide bonds. The number of fused-ring (bicyclic) bond motifs is 1. The highest BCUT2D eigenvalue weighted by atomic mass is 16.1. The van der Waals surface area contributed by atoms with E-state index in [1.54, 1.807) is 0 Å². The minimum Gasteiger partial charge on any atom is -0.313 e. The summed E-state index contributed by atoms with van der Waals surface area (Å²) in [5.41, 5.74) is 4.30. The van der Waals surface area contributed by atoms with Crippen LogP contribution >= 0.6 is 0 Å². The molecule has 3 atom stereocenters. The Balaban J connectivity index is 1.78. The van der Waals surface area contributed by atoms with Gasteiger partial charge in [0.1, 0.15) is 5.78 Å². The van der Waals surface area contributed by atoms with E-state index in [1.807, 2.05) is 0 Å². The molecule has 0 unspecified atom stereocenters. The Hall–Kier alpha value is -1.15. The van der Waals surface area contributed by atoms with Gasteiger partial charge in [-0.1, -0.05) is 38.0 Å². The maximum Gasteiger partial charge on any atom is 0.143 e. The fourth-order valence-corrected chi connectivity index (χ4v) is 5.64. The highest BCUT2D eigenvalue weighted by Gasteiger charge is 2.56. The predicted molar refractivity (Wildman–Crippen MR) is 93.8 cm³/mol. The number of ketones is 1. The van der Waals surface area contributed by atoms with Crippen LogP contribution in [0.2, 0.25) is 0 Å². The SMILES string of the molecule is CCCCCc1cccc2c1C[C@H]1NCC[C@@]23C(=O)CCC[C@@H]13.